The first kappa shape index (κ1) is 23.7. The van der Waals surface area contributed by atoms with Gasteiger partial charge in [-0.05, 0) is 62.7 Å². The number of hydrogen-bond acceptors (Lipinski definition) is 5. The molecule has 0 saturated carbocycles. The zero-order valence-corrected chi connectivity index (χ0v) is 20.0. The summed E-state index contributed by atoms with van der Waals surface area (Å²) in [6.07, 6.45) is 3.06. The molecule has 2 aliphatic heterocycles. The standard InChI is InChI=1S/C27H37N3O3/c1-28-14-12-24(13-15-28)30-19-26(33-21-23-9-6-10-25(17-23)32-2)18-29(27(31)20-30)16-11-22-7-4-3-5-8-22/h3-10,17,24,26H,11-16,18-21H2,1-2H3/t26-/m0/s1. The minimum Gasteiger partial charge on any atom is -0.497 e. The number of likely N-dealkylation sites (tertiary alicyclic amines) is 1. The van der Waals surface area contributed by atoms with Gasteiger partial charge < -0.3 is 19.3 Å². The van der Waals surface area contributed by atoms with Crippen molar-refractivity contribution in [2.24, 2.45) is 0 Å². The fraction of sp³-hybridized carbons (Fsp3) is 0.519. The topological polar surface area (TPSA) is 45.3 Å². The van der Waals surface area contributed by atoms with E-state index in [0.717, 1.165) is 56.8 Å². The third-order valence-corrected chi connectivity index (χ3v) is 6.89. The largest absolute Gasteiger partial charge is 0.497 e. The predicted octanol–water partition coefficient (Wildman–Crippen LogP) is 3.06. The van der Waals surface area contributed by atoms with Gasteiger partial charge in [-0.1, -0.05) is 42.5 Å². The molecule has 2 saturated heterocycles. The Balaban J connectivity index is 1.44. The summed E-state index contributed by atoms with van der Waals surface area (Å²) in [4.78, 5) is 20.0. The van der Waals surface area contributed by atoms with E-state index in [1.807, 2.05) is 29.2 Å². The van der Waals surface area contributed by atoms with Crippen molar-refractivity contribution in [2.45, 2.75) is 38.0 Å². The molecule has 2 fully saturated rings. The summed E-state index contributed by atoms with van der Waals surface area (Å²) in [5, 5.41) is 0. The van der Waals surface area contributed by atoms with Gasteiger partial charge in [-0.3, -0.25) is 9.69 Å². The first-order chi connectivity index (χ1) is 16.1. The van der Waals surface area contributed by atoms with Gasteiger partial charge in [-0.15, -0.1) is 0 Å². The molecule has 0 aromatic heterocycles. The molecule has 178 valence electrons. The van der Waals surface area contributed by atoms with E-state index >= 15 is 0 Å². The van der Waals surface area contributed by atoms with Crippen LogP contribution in [0.3, 0.4) is 0 Å². The molecule has 33 heavy (non-hydrogen) atoms. The molecule has 6 heteroatoms. The zero-order chi connectivity index (χ0) is 23.0. The summed E-state index contributed by atoms with van der Waals surface area (Å²) in [5.74, 6) is 1.06. The Morgan fingerprint density at radius 3 is 2.48 bits per heavy atom. The molecule has 0 unspecified atom stereocenters. The van der Waals surface area contributed by atoms with E-state index in [-0.39, 0.29) is 12.0 Å². The Labute approximate surface area is 198 Å². The number of carbonyl (C=O) groups excluding carboxylic acids is 1. The number of nitrogens with zero attached hydrogens (tertiary/aromatic N) is 3. The van der Waals surface area contributed by atoms with E-state index in [1.165, 1.54) is 5.56 Å². The second kappa shape index (κ2) is 11.6. The maximum absolute atomic E-state index is 13.3. The van der Waals surface area contributed by atoms with Gasteiger partial charge in [-0.2, -0.15) is 0 Å². The highest BCUT2D eigenvalue weighted by atomic mass is 16.5. The van der Waals surface area contributed by atoms with Crippen LogP contribution in [0.4, 0.5) is 0 Å². The molecule has 0 spiro atoms. The Hall–Kier alpha value is -2.41. The lowest BCUT2D eigenvalue weighted by Gasteiger charge is -2.37. The molecule has 2 aromatic carbocycles. The van der Waals surface area contributed by atoms with E-state index in [2.05, 4.69) is 47.2 Å². The minimum absolute atomic E-state index is 0.0157. The maximum Gasteiger partial charge on any atom is 0.236 e. The normalized spacial score (nSPS) is 21.2. The van der Waals surface area contributed by atoms with Gasteiger partial charge >= 0.3 is 0 Å². The van der Waals surface area contributed by atoms with Crippen LogP contribution in [0.15, 0.2) is 54.6 Å². The highest BCUT2D eigenvalue weighted by Crippen LogP contribution is 2.21. The summed E-state index contributed by atoms with van der Waals surface area (Å²) < 4.78 is 11.8. The predicted molar refractivity (Wildman–Crippen MR) is 130 cm³/mol. The van der Waals surface area contributed by atoms with Gasteiger partial charge in [-0.25, -0.2) is 0 Å². The monoisotopic (exact) mass is 451 g/mol. The molecule has 0 aliphatic carbocycles. The van der Waals surface area contributed by atoms with Crippen LogP contribution in [0, 0.1) is 0 Å². The molecule has 0 N–H and O–H groups in total. The third-order valence-electron chi connectivity index (χ3n) is 6.89. The number of piperidine rings is 1. The van der Waals surface area contributed by atoms with Crippen LogP contribution in [-0.2, 0) is 22.6 Å². The fourth-order valence-electron chi connectivity index (χ4n) is 4.85. The Kier molecular flexibility index (Phi) is 8.37. The summed E-state index contributed by atoms with van der Waals surface area (Å²) >= 11 is 0. The Bertz CT molecular complexity index is 883. The molecule has 6 nitrogen and oxygen atoms in total. The van der Waals surface area contributed by atoms with Gasteiger partial charge in [0.25, 0.3) is 0 Å². The summed E-state index contributed by atoms with van der Waals surface area (Å²) in [6.45, 7) is 5.34. The van der Waals surface area contributed by atoms with Crippen LogP contribution in [0.25, 0.3) is 0 Å². The van der Waals surface area contributed by atoms with Crippen molar-refractivity contribution in [3.05, 3.63) is 65.7 Å². The first-order valence-corrected chi connectivity index (χ1v) is 12.1. The number of ether oxygens (including phenoxy) is 2. The van der Waals surface area contributed by atoms with Crippen molar-refractivity contribution in [3.8, 4) is 5.75 Å². The highest BCUT2D eigenvalue weighted by molar-refractivity contribution is 5.78. The number of methoxy groups -OCH3 is 1. The van der Waals surface area contributed by atoms with E-state index in [0.29, 0.717) is 25.7 Å². The molecule has 2 aliphatic rings. The van der Waals surface area contributed by atoms with Gasteiger partial charge in [0.15, 0.2) is 0 Å². The van der Waals surface area contributed by atoms with Crippen molar-refractivity contribution in [3.63, 3.8) is 0 Å². The fourth-order valence-corrected chi connectivity index (χ4v) is 4.85. The van der Waals surface area contributed by atoms with E-state index in [4.69, 9.17) is 9.47 Å². The quantitative estimate of drug-likeness (QED) is 0.617. The van der Waals surface area contributed by atoms with Crippen LogP contribution in [0.5, 0.6) is 5.75 Å². The SMILES string of the molecule is COc1cccc(CO[C@H]2CN(CCc3ccccc3)C(=O)CN(C3CCN(C)CC3)C2)c1. The smallest absolute Gasteiger partial charge is 0.236 e. The zero-order valence-electron chi connectivity index (χ0n) is 20.0. The second-order valence-electron chi connectivity index (χ2n) is 9.32. The molecule has 1 atom stereocenters. The molecule has 4 rings (SSSR count). The van der Waals surface area contributed by atoms with Gasteiger partial charge in [0.1, 0.15) is 5.75 Å². The number of carbonyl (C=O) groups is 1. The first-order valence-electron chi connectivity index (χ1n) is 12.1. The number of hydrogen-bond donors (Lipinski definition) is 0. The van der Waals surface area contributed by atoms with Crippen molar-refractivity contribution in [1.29, 1.82) is 0 Å². The third kappa shape index (κ3) is 6.79. The van der Waals surface area contributed by atoms with Crippen molar-refractivity contribution in [2.75, 3.05) is 53.4 Å². The molecule has 2 aromatic rings. The molecule has 1 amide bonds. The number of rotatable bonds is 8. The molecule has 0 radical (unpaired) electrons. The lowest BCUT2D eigenvalue weighted by molar-refractivity contribution is -0.132. The van der Waals surface area contributed by atoms with E-state index in [1.54, 1.807) is 7.11 Å². The average Bonchev–Trinajstić information content (AvgIpc) is 3.01. The van der Waals surface area contributed by atoms with Gasteiger partial charge in [0.05, 0.1) is 26.4 Å². The summed E-state index contributed by atoms with van der Waals surface area (Å²) in [6, 6.07) is 18.9. The van der Waals surface area contributed by atoms with Crippen LogP contribution in [0.1, 0.15) is 24.0 Å². The minimum atomic E-state index is -0.0157. The maximum atomic E-state index is 13.3. The molecular formula is C27H37N3O3. The Morgan fingerprint density at radius 2 is 1.73 bits per heavy atom. The van der Waals surface area contributed by atoms with Gasteiger partial charge in [0.2, 0.25) is 5.91 Å². The van der Waals surface area contributed by atoms with E-state index < -0.39 is 0 Å². The van der Waals surface area contributed by atoms with Crippen LogP contribution in [0.2, 0.25) is 0 Å². The summed E-state index contributed by atoms with van der Waals surface area (Å²) in [7, 11) is 3.86. The molecule has 2 heterocycles. The van der Waals surface area contributed by atoms with Crippen molar-refractivity contribution >= 4 is 5.91 Å². The van der Waals surface area contributed by atoms with Crippen LogP contribution < -0.4 is 4.74 Å². The van der Waals surface area contributed by atoms with Crippen LogP contribution in [-0.4, -0.2) is 86.2 Å². The lowest BCUT2D eigenvalue weighted by atomic mass is 10.0. The second-order valence-corrected chi connectivity index (χ2v) is 9.32. The molecular weight excluding hydrogens is 414 g/mol. The summed E-state index contributed by atoms with van der Waals surface area (Å²) in [5.41, 5.74) is 2.35. The molecule has 0 bridgehead atoms. The van der Waals surface area contributed by atoms with Crippen LogP contribution >= 0.6 is 0 Å². The van der Waals surface area contributed by atoms with E-state index in [9.17, 15) is 4.79 Å². The number of amides is 1. The van der Waals surface area contributed by atoms with Crippen molar-refractivity contribution in [1.82, 2.24) is 14.7 Å². The number of benzene rings is 2. The average molecular weight is 452 g/mol. The lowest BCUT2D eigenvalue weighted by Crippen LogP contribution is -2.47. The Morgan fingerprint density at radius 1 is 0.970 bits per heavy atom. The van der Waals surface area contributed by atoms with Gasteiger partial charge in [0, 0.05) is 25.7 Å². The highest BCUT2D eigenvalue weighted by Gasteiger charge is 2.33. The van der Waals surface area contributed by atoms with Crippen molar-refractivity contribution < 1.29 is 14.3 Å².